The highest BCUT2D eigenvalue weighted by molar-refractivity contribution is 7.15. The van der Waals surface area contributed by atoms with E-state index in [2.05, 4.69) is 0 Å². The molecular formula is C14H11NO5S. The second kappa shape index (κ2) is 6.27. The van der Waals surface area contributed by atoms with Crippen molar-refractivity contribution in [1.29, 1.82) is 0 Å². The fourth-order valence-corrected chi connectivity index (χ4v) is 2.37. The van der Waals surface area contributed by atoms with E-state index in [1.54, 1.807) is 12.1 Å². The van der Waals surface area contributed by atoms with Gasteiger partial charge in [0.05, 0.1) is 9.80 Å². The number of thiophene rings is 1. The Morgan fingerprint density at radius 2 is 1.76 bits per heavy atom. The van der Waals surface area contributed by atoms with Crippen LogP contribution in [0.5, 0.6) is 0 Å². The number of Topliss-reactive ketones (excluding diaryl/α,β-unsaturated/α-hetero) is 1. The van der Waals surface area contributed by atoms with Gasteiger partial charge in [-0.05, 0) is 36.8 Å². The molecule has 0 atom stereocenters. The highest BCUT2D eigenvalue weighted by Crippen LogP contribution is 2.19. The van der Waals surface area contributed by atoms with E-state index in [9.17, 15) is 19.7 Å². The van der Waals surface area contributed by atoms with Gasteiger partial charge in [-0.1, -0.05) is 0 Å². The maximum absolute atomic E-state index is 11.8. The van der Waals surface area contributed by atoms with Gasteiger partial charge in [0.25, 0.3) is 5.69 Å². The zero-order valence-corrected chi connectivity index (χ0v) is 11.9. The Morgan fingerprint density at radius 1 is 1.14 bits per heavy atom. The van der Waals surface area contributed by atoms with Gasteiger partial charge in [-0.3, -0.25) is 14.9 Å². The van der Waals surface area contributed by atoms with E-state index in [1.807, 2.05) is 0 Å². The monoisotopic (exact) mass is 305 g/mol. The molecule has 108 valence electrons. The predicted molar refractivity (Wildman–Crippen MR) is 76.5 cm³/mol. The topological polar surface area (TPSA) is 86.5 Å². The fraction of sp³-hybridized carbons (Fsp3) is 0.143. The summed E-state index contributed by atoms with van der Waals surface area (Å²) < 4.78 is 5.10. The minimum Gasteiger partial charge on any atom is -0.457 e. The van der Waals surface area contributed by atoms with Crippen molar-refractivity contribution in [3.8, 4) is 0 Å². The molecule has 2 rings (SSSR count). The number of carbonyl (C=O) groups is 2. The average Bonchev–Trinajstić information content (AvgIpc) is 2.95. The van der Waals surface area contributed by atoms with Crippen molar-refractivity contribution in [1.82, 2.24) is 0 Å². The van der Waals surface area contributed by atoms with Crippen LogP contribution in [0.15, 0.2) is 36.4 Å². The molecule has 21 heavy (non-hydrogen) atoms. The molecular weight excluding hydrogens is 294 g/mol. The molecule has 0 unspecified atom stereocenters. The first-order valence-electron chi connectivity index (χ1n) is 5.98. The van der Waals surface area contributed by atoms with Gasteiger partial charge in [0, 0.05) is 12.1 Å². The highest BCUT2D eigenvalue weighted by atomic mass is 32.1. The molecule has 0 amide bonds. The summed E-state index contributed by atoms with van der Waals surface area (Å²) in [7, 11) is 0. The molecule has 0 spiro atoms. The highest BCUT2D eigenvalue weighted by Gasteiger charge is 2.13. The first-order chi connectivity index (χ1) is 9.97. The quantitative estimate of drug-likeness (QED) is 0.366. The number of non-ortho nitro benzene ring substituents is 1. The van der Waals surface area contributed by atoms with E-state index in [1.165, 1.54) is 31.2 Å². The number of nitro groups is 1. The molecule has 1 heterocycles. The summed E-state index contributed by atoms with van der Waals surface area (Å²) in [6.45, 7) is 1.45. The summed E-state index contributed by atoms with van der Waals surface area (Å²) in [5, 5.41) is 10.5. The summed E-state index contributed by atoms with van der Waals surface area (Å²) in [4.78, 5) is 33.8. The summed E-state index contributed by atoms with van der Waals surface area (Å²) in [5.41, 5.74) is 0.631. The summed E-state index contributed by atoms with van der Waals surface area (Å²) in [6, 6.07) is 8.88. The summed E-state index contributed by atoms with van der Waals surface area (Å²) in [5.74, 6) is -0.625. The molecule has 0 saturated carbocycles. The number of benzene rings is 1. The number of nitrogens with zero attached hydrogens (tertiary/aromatic N) is 1. The molecule has 0 aliphatic carbocycles. The number of carbonyl (C=O) groups excluding carboxylic acids is 2. The number of rotatable bonds is 5. The fourth-order valence-electron chi connectivity index (χ4n) is 1.57. The first kappa shape index (κ1) is 14.9. The number of hydrogen-bond acceptors (Lipinski definition) is 6. The van der Waals surface area contributed by atoms with E-state index < -0.39 is 10.9 Å². The van der Waals surface area contributed by atoms with Crippen LogP contribution in [0.25, 0.3) is 0 Å². The van der Waals surface area contributed by atoms with Crippen molar-refractivity contribution in [3.63, 3.8) is 0 Å². The second-order valence-electron chi connectivity index (χ2n) is 4.22. The van der Waals surface area contributed by atoms with E-state index in [0.29, 0.717) is 15.3 Å². The van der Waals surface area contributed by atoms with Crippen LogP contribution in [0.3, 0.4) is 0 Å². The van der Waals surface area contributed by atoms with Gasteiger partial charge in [0.15, 0.2) is 5.78 Å². The van der Waals surface area contributed by atoms with Gasteiger partial charge in [-0.25, -0.2) is 4.79 Å². The van der Waals surface area contributed by atoms with E-state index in [0.717, 1.165) is 11.3 Å². The van der Waals surface area contributed by atoms with E-state index in [4.69, 9.17) is 4.74 Å². The van der Waals surface area contributed by atoms with Gasteiger partial charge in [0.2, 0.25) is 0 Å². The molecule has 0 fully saturated rings. The Kier molecular flexibility index (Phi) is 4.44. The number of ketones is 1. The van der Waals surface area contributed by atoms with E-state index in [-0.39, 0.29) is 18.1 Å². The Balaban J connectivity index is 1.97. The molecule has 6 nitrogen and oxygen atoms in total. The van der Waals surface area contributed by atoms with Crippen molar-refractivity contribution in [2.75, 3.05) is 0 Å². The molecule has 7 heteroatoms. The molecule has 0 saturated heterocycles. The van der Waals surface area contributed by atoms with Crippen molar-refractivity contribution < 1.29 is 19.2 Å². The molecule has 0 N–H and O–H groups in total. The van der Waals surface area contributed by atoms with Crippen LogP contribution in [-0.4, -0.2) is 16.7 Å². The lowest BCUT2D eigenvalue weighted by atomic mass is 10.2. The largest absolute Gasteiger partial charge is 0.457 e. The molecule has 0 aliphatic heterocycles. The van der Waals surface area contributed by atoms with Crippen molar-refractivity contribution in [2.24, 2.45) is 0 Å². The molecule has 2 aromatic rings. The third-order valence-electron chi connectivity index (χ3n) is 2.67. The minimum absolute atomic E-state index is 0.0180. The van der Waals surface area contributed by atoms with E-state index >= 15 is 0 Å². The standard InChI is InChI=1S/C14H11NO5S/c1-9(16)12-6-7-13(21-12)14(17)20-8-10-2-4-11(5-3-10)15(18)19/h2-7H,8H2,1H3. The van der Waals surface area contributed by atoms with Crippen LogP contribution in [0, 0.1) is 10.1 Å². The van der Waals surface area contributed by atoms with Crippen molar-refractivity contribution >= 4 is 28.8 Å². The third-order valence-corrected chi connectivity index (χ3v) is 3.84. The summed E-state index contributed by atoms with van der Waals surface area (Å²) >= 11 is 1.08. The Hall–Kier alpha value is -2.54. The average molecular weight is 305 g/mol. The van der Waals surface area contributed by atoms with Crippen LogP contribution in [-0.2, 0) is 11.3 Å². The number of ether oxygens (including phenoxy) is 1. The van der Waals surface area contributed by atoms with Crippen molar-refractivity contribution in [2.45, 2.75) is 13.5 Å². The van der Waals surface area contributed by atoms with Crippen LogP contribution in [0.2, 0.25) is 0 Å². The predicted octanol–water partition coefficient (Wildman–Crippen LogP) is 3.22. The molecule has 0 radical (unpaired) electrons. The third kappa shape index (κ3) is 3.73. The Bertz CT molecular complexity index is 690. The minimum atomic E-state index is -0.522. The lowest BCUT2D eigenvalue weighted by Gasteiger charge is -2.03. The zero-order chi connectivity index (χ0) is 15.4. The molecule has 0 aliphatic rings. The maximum Gasteiger partial charge on any atom is 0.348 e. The number of esters is 1. The normalized spacial score (nSPS) is 10.1. The van der Waals surface area contributed by atoms with Crippen molar-refractivity contribution in [3.05, 3.63) is 61.8 Å². The Labute approximate surface area is 124 Å². The zero-order valence-electron chi connectivity index (χ0n) is 11.1. The van der Waals surface area contributed by atoms with Gasteiger partial charge >= 0.3 is 5.97 Å². The lowest BCUT2D eigenvalue weighted by Crippen LogP contribution is -2.03. The maximum atomic E-state index is 11.8. The number of nitro benzene ring substituents is 1. The summed E-state index contributed by atoms with van der Waals surface area (Å²) in [6.07, 6.45) is 0. The van der Waals surface area contributed by atoms with Gasteiger partial charge < -0.3 is 4.74 Å². The van der Waals surface area contributed by atoms with Crippen LogP contribution in [0.1, 0.15) is 31.8 Å². The Morgan fingerprint density at radius 3 is 2.29 bits per heavy atom. The smallest absolute Gasteiger partial charge is 0.348 e. The van der Waals surface area contributed by atoms with Crippen LogP contribution < -0.4 is 0 Å². The second-order valence-corrected chi connectivity index (χ2v) is 5.30. The van der Waals surface area contributed by atoms with Gasteiger partial charge in [-0.2, -0.15) is 0 Å². The molecule has 1 aromatic carbocycles. The van der Waals surface area contributed by atoms with Gasteiger partial charge in [-0.15, -0.1) is 11.3 Å². The first-order valence-corrected chi connectivity index (χ1v) is 6.80. The van der Waals surface area contributed by atoms with Crippen LogP contribution >= 0.6 is 11.3 Å². The van der Waals surface area contributed by atoms with Crippen LogP contribution in [0.4, 0.5) is 5.69 Å². The number of hydrogen-bond donors (Lipinski definition) is 0. The molecule has 0 bridgehead atoms. The SMILES string of the molecule is CC(=O)c1ccc(C(=O)OCc2ccc([N+](=O)[O-])cc2)s1. The van der Waals surface area contributed by atoms with Gasteiger partial charge in [0.1, 0.15) is 11.5 Å². The molecule has 1 aromatic heterocycles. The lowest BCUT2D eigenvalue weighted by molar-refractivity contribution is -0.384.